The summed E-state index contributed by atoms with van der Waals surface area (Å²) in [6.07, 6.45) is 4.23. The molecule has 324 valence electrons. The number of amides is 3. The molecule has 5 aromatic rings. The molecular weight excluding hydrogens is 854 g/mol. The van der Waals surface area contributed by atoms with Gasteiger partial charge >= 0.3 is 11.9 Å². The lowest BCUT2D eigenvalue weighted by molar-refractivity contribution is -0.139. The first-order valence-corrected chi connectivity index (χ1v) is 22.7. The van der Waals surface area contributed by atoms with E-state index in [1.54, 1.807) is 11.9 Å². The second-order valence-corrected chi connectivity index (χ2v) is 18.2. The van der Waals surface area contributed by atoms with E-state index in [1.165, 1.54) is 0 Å². The van der Waals surface area contributed by atoms with Crippen molar-refractivity contribution in [2.75, 3.05) is 50.0 Å². The Morgan fingerprint density at radius 3 is 2.44 bits per heavy atom. The van der Waals surface area contributed by atoms with Gasteiger partial charge in [0, 0.05) is 61.2 Å². The molecule has 8 rings (SSSR count). The number of hydrogen-bond donors (Lipinski definition) is 5. The maximum absolute atomic E-state index is 13.2. The summed E-state index contributed by atoms with van der Waals surface area (Å²) in [4.78, 5) is 63.1. The molecule has 3 fully saturated rings. The number of imide groups is 1. The van der Waals surface area contributed by atoms with Crippen LogP contribution < -0.4 is 20.7 Å². The van der Waals surface area contributed by atoms with E-state index in [-0.39, 0.29) is 52.0 Å². The van der Waals surface area contributed by atoms with Gasteiger partial charge in [0.15, 0.2) is 17.2 Å². The highest BCUT2D eigenvalue weighted by atomic mass is 35.5. The minimum Gasteiger partial charge on any atom is -0.479 e. The summed E-state index contributed by atoms with van der Waals surface area (Å²) < 4.78 is 9.64. The number of carbonyl (C=O) groups excluding carboxylic acids is 3. The smallest absolute Gasteiger partial charge is 0.349 e. The molecule has 0 saturated carbocycles. The summed E-state index contributed by atoms with van der Waals surface area (Å²) in [5.41, 5.74) is 5.16. The second-order valence-electron chi connectivity index (χ2n) is 15.7. The average Bonchev–Trinajstić information content (AvgIpc) is 3.81. The number of aliphatic carboxylic acids is 1. The molecule has 18 heteroatoms. The number of nitrogens with one attached hydrogen (secondary N) is 3. The molecule has 1 atom stereocenters. The summed E-state index contributed by atoms with van der Waals surface area (Å²) in [5, 5.41) is 33.8. The number of thiophene rings is 1. The average molecular weight is 900 g/mol. The third kappa shape index (κ3) is 10.1. The lowest BCUT2D eigenvalue weighted by Gasteiger charge is -2.32. The molecule has 3 aromatic carbocycles. The largest absolute Gasteiger partial charge is 0.479 e. The van der Waals surface area contributed by atoms with Crippen molar-refractivity contribution in [2.24, 2.45) is 0 Å². The van der Waals surface area contributed by atoms with Gasteiger partial charge < -0.3 is 25.6 Å². The number of anilines is 2. The first-order valence-electron chi connectivity index (χ1n) is 20.6. The Kier molecular flexibility index (Phi) is 13.4. The summed E-state index contributed by atoms with van der Waals surface area (Å²) in [7, 11) is 0. The van der Waals surface area contributed by atoms with E-state index in [0.717, 1.165) is 102 Å². The normalized spacial score (nSPS) is 18.1. The molecular formula is C44H46ClN7O8S2. The number of likely N-dealkylation sites (tertiary alicyclic amines) is 1. The number of halogens is 1. The quantitative estimate of drug-likeness (QED) is 0.0528. The van der Waals surface area contributed by atoms with Crippen LogP contribution in [0.2, 0.25) is 5.02 Å². The second kappa shape index (κ2) is 19.3. The molecule has 0 spiro atoms. The van der Waals surface area contributed by atoms with Crippen LogP contribution in [0.1, 0.15) is 71.4 Å². The molecule has 15 nitrogen and oxygen atoms in total. The molecule has 0 aliphatic carbocycles. The monoisotopic (exact) mass is 899 g/mol. The van der Waals surface area contributed by atoms with Crippen LogP contribution in [0, 0.1) is 0 Å². The Bertz CT molecular complexity index is 2500. The van der Waals surface area contributed by atoms with E-state index in [4.69, 9.17) is 26.5 Å². The topological polar surface area (TPSA) is 195 Å². The van der Waals surface area contributed by atoms with E-state index in [2.05, 4.69) is 31.2 Å². The number of hydrogen-bond acceptors (Lipinski definition) is 12. The van der Waals surface area contributed by atoms with Crippen molar-refractivity contribution < 1.29 is 38.9 Å². The fraction of sp³-hybridized carbons (Fsp3) is 0.364. The Hall–Kier alpha value is -5.46. The van der Waals surface area contributed by atoms with Gasteiger partial charge in [-0.15, -0.1) is 11.3 Å². The van der Waals surface area contributed by atoms with Gasteiger partial charge in [-0.25, -0.2) is 9.59 Å². The number of benzene rings is 3. The number of nitrogens with zero attached hydrogens (tertiary/aromatic N) is 4. The Labute approximate surface area is 370 Å². The number of carboxylic acids is 2. The Morgan fingerprint density at radius 2 is 1.68 bits per heavy atom. The maximum Gasteiger partial charge on any atom is 0.349 e. The predicted octanol–water partition coefficient (Wildman–Crippen LogP) is 7.10. The standard InChI is InChI=1S/C44H46ClN7O8S2/c45-38-40(60-24-37(55)56)42(44(58)59)62-41(38)27-6-4-8-30(22-27)46-28-13-19-51(20-14-28)61-25-26-5-3-7-29(21-26)47-36(54)23-50-17-15-31(16-18-50)52-34-10-2-1-9-32(34)39(49-52)33-11-12-35(53)48-43(33)57/h1-10,21-22,28,31,33,46H,11-20,23-25H2,(H,47,54)(H,55,56)(H,58,59)(H,48,53,57). The van der Waals surface area contributed by atoms with Crippen molar-refractivity contribution in [3.63, 3.8) is 0 Å². The van der Waals surface area contributed by atoms with Crippen molar-refractivity contribution in [3.05, 3.63) is 94.0 Å². The van der Waals surface area contributed by atoms with E-state index < -0.39 is 24.5 Å². The first kappa shape index (κ1) is 43.2. The van der Waals surface area contributed by atoms with Crippen molar-refractivity contribution in [3.8, 4) is 16.2 Å². The zero-order valence-electron chi connectivity index (χ0n) is 33.7. The molecule has 3 amide bonds. The number of ether oxygens (including phenoxy) is 1. The number of fused-ring (bicyclic) bond motifs is 1. The van der Waals surface area contributed by atoms with Crippen molar-refractivity contribution in [2.45, 2.75) is 62.3 Å². The van der Waals surface area contributed by atoms with Crippen molar-refractivity contribution in [1.29, 1.82) is 0 Å². The minimum atomic E-state index is -1.24. The van der Waals surface area contributed by atoms with Crippen LogP contribution >= 0.6 is 34.9 Å². The first-order chi connectivity index (χ1) is 30.0. The van der Waals surface area contributed by atoms with Gasteiger partial charge in [-0.2, -0.15) is 5.10 Å². The highest BCUT2D eigenvalue weighted by Gasteiger charge is 2.33. The molecule has 62 heavy (non-hydrogen) atoms. The Morgan fingerprint density at radius 1 is 0.919 bits per heavy atom. The van der Waals surface area contributed by atoms with Gasteiger partial charge in [0.1, 0.15) is 5.02 Å². The third-order valence-electron chi connectivity index (χ3n) is 11.4. The van der Waals surface area contributed by atoms with Gasteiger partial charge in [-0.05, 0) is 73.6 Å². The maximum atomic E-state index is 13.2. The highest BCUT2D eigenvalue weighted by Crippen LogP contribution is 2.46. The molecule has 3 aliphatic heterocycles. The fourth-order valence-electron chi connectivity index (χ4n) is 8.33. The van der Waals surface area contributed by atoms with Crippen LogP contribution in [0.5, 0.6) is 5.75 Å². The molecule has 0 radical (unpaired) electrons. The Balaban J connectivity index is 0.784. The minimum absolute atomic E-state index is 0.0592. The number of aromatic nitrogens is 2. The van der Waals surface area contributed by atoms with Gasteiger partial charge in [-0.1, -0.05) is 66.0 Å². The van der Waals surface area contributed by atoms with E-state index in [1.807, 2.05) is 71.4 Å². The van der Waals surface area contributed by atoms with Crippen LogP contribution in [-0.4, -0.2) is 104 Å². The number of carbonyl (C=O) groups is 5. The van der Waals surface area contributed by atoms with E-state index in [0.29, 0.717) is 23.3 Å². The number of aromatic carboxylic acids is 1. The number of piperidine rings is 3. The van der Waals surface area contributed by atoms with Gasteiger partial charge in [0.25, 0.3) is 0 Å². The molecule has 3 aliphatic rings. The van der Waals surface area contributed by atoms with Crippen molar-refractivity contribution in [1.82, 2.24) is 24.3 Å². The molecule has 3 saturated heterocycles. The summed E-state index contributed by atoms with van der Waals surface area (Å²) in [6.45, 7) is 2.84. The zero-order chi connectivity index (χ0) is 43.3. The number of rotatable bonds is 15. The lowest BCUT2D eigenvalue weighted by atomic mass is 9.93. The predicted molar refractivity (Wildman–Crippen MR) is 239 cm³/mol. The van der Waals surface area contributed by atoms with Gasteiger partial charge in [0.05, 0.1) is 34.6 Å². The van der Waals surface area contributed by atoms with Crippen molar-refractivity contribution >= 4 is 86.8 Å². The number of carboxylic acid groups (broad SMARTS) is 2. The molecule has 0 bridgehead atoms. The zero-order valence-corrected chi connectivity index (χ0v) is 36.1. The van der Waals surface area contributed by atoms with Crippen LogP contribution in [0.4, 0.5) is 11.4 Å². The van der Waals surface area contributed by atoms with Gasteiger partial charge in [0.2, 0.25) is 17.7 Å². The summed E-state index contributed by atoms with van der Waals surface area (Å²) in [5.74, 6) is -2.89. The van der Waals surface area contributed by atoms with E-state index in [9.17, 15) is 29.1 Å². The molecule has 1 unspecified atom stereocenters. The third-order valence-corrected chi connectivity index (χ3v) is 14.3. The SMILES string of the molecule is O=C(O)COc1c(C(=O)O)sc(-c2cccc(NC3CCN(SCc4cccc(NC(=O)CN5CCC(n6nc(C7CCC(=O)NC7=O)c7ccccc76)CC5)c4)CC3)c2)c1Cl. The lowest BCUT2D eigenvalue weighted by Crippen LogP contribution is -2.40. The number of para-hydroxylation sites is 1. The molecule has 2 aromatic heterocycles. The van der Waals surface area contributed by atoms with Crippen LogP contribution in [0.25, 0.3) is 21.3 Å². The summed E-state index contributed by atoms with van der Waals surface area (Å²) in [6, 6.07) is 23.8. The van der Waals surface area contributed by atoms with Crippen LogP contribution in [0.3, 0.4) is 0 Å². The summed E-state index contributed by atoms with van der Waals surface area (Å²) >= 11 is 9.23. The molecule has 5 heterocycles. The highest BCUT2D eigenvalue weighted by molar-refractivity contribution is 7.96. The van der Waals surface area contributed by atoms with E-state index >= 15 is 0 Å². The van der Waals surface area contributed by atoms with Crippen LogP contribution in [0.15, 0.2) is 72.8 Å². The fourth-order valence-corrected chi connectivity index (χ4v) is 10.7. The van der Waals surface area contributed by atoms with Gasteiger partial charge in [-0.3, -0.25) is 33.6 Å². The van der Waals surface area contributed by atoms with Crippen LogP contribution in [-0.2, 0) is 24.9 Å². The molecule has 5 N–H and O–H groups in total.